The molecule has 18 heavy (non-hydrogen) atoms. The maximum absolute atomic E-state index is 4.51. The third-order valence-corrected chi connectivity index (χ3v) is 3.49. The van der Waals surface area contributed by atoms with Gasteiger partial charge in [0.1, 0.15) is 0 Å². The molecular weight excluding hydrogens is 220 g/mol. The second-order valence-electron chi connectivity index (χ2n) is 4.74. The number of H-pyrrole nitrogens is 1. The highest BCUT2D eigenvalue weighted by atomic mass is 14.8. The first-order valence-corrected chi connectivity index (χ1v) is 6.09. The third-order valence-electron chi connectivity index (χ3n) is 3.49. The first-order chi connectivity index (χ1) is 8.83. The number of rotatable bonds is 0. The fourth-order valence-corrected chi connectivity index (χ4v) is 2.65. The van der Waals surface area contributed by atoms with Crippen LogP contribution in [0.25, 0.3) is 32.7 Å². The van der Waals surface area contributed by atoms with Crippen molar-refractivity contribution >= 4 is 32.7 Å². The minimum atomic E-state index is 1.05. The molecule has 0 bridgehead atoms. The van der Waals surface area contributed by atoms with E-state index in [1.54, 1.807) is 0 Å². The maximum Gasteiger partial charge on any atom is 0.0710 e. The summed E-state index contributed by atoms with van der Waals surface area (Å²) in [6.07, 6.45) is 1.92. The Hall–Kier alpha value is -2.35. The molecule has 0 saturated carbocycles. The summed E-state index contributed by atoms with van der Waals surface area (Å²) in [5.74, 6) is 0. The molecule has 86 valence electrons. The van der Waals surface area contributed by atoms with E-state index in [1.807, 2.05) is 6.20 Å². The van der Waals surface area contributed by atoms with Crippen LogP contribution in [0.15, 0.2) is 48.7 Å². The zero-order valence-corrected chi connectivity index (χ0v) is 10.1. The van der Waals surface area contributed by atoms with Gasteiger partial charge in [0.2, 0.25) is 0 Å². The van der Waals surface area contributed by atoms with Gasteiger partial charge in [-0.3, -0.25) is 4.98 Å². The molecule has 0 atom stereocenters. The van der Waals surface area contributed by atoms with Crippen LogP contribution in [0.1, 0.15) is 5.56 Å². The van der Waals surface area contributed by atoms with Crippen molar-refractivity contribution in [2.45, 2.75) is 6.92 Å². The first-order valence-electron chi connectivity index (χ1n) is 6.09. The summed E-state index contributed by atoms with van der Waals surface area (Å²) < 4.78 is 0. The van der Waals surface area contributed by atoms with E-state index in [0.717, 1.165) is 11.0 Å². The van der Waals surface area contributed by atoms with Gasteiger partial charge in [0.25, 0.3) is 0 Å². The average Bonchev–Trinajstić information content (AvgIpc) is 2.77. The van der Waals surface area contributed by atoms with Crippen LogP contribution < -0.4 is 0 Å². The van der Waals surface area contributed by atoms with Crippen molar-refractivity contribution in [2.75, 3.05) is 0 Å². The standard InChI is InChI=1S/C16H12N2/c1-10-6-7-13-12(8-10)16-11-4-2-3-5-14(11)18-15(16)9-17-13/h2-9,18H,1H3. The lowest BCUT2D eigenvalue weighted by molar-refractivity contribution is 1.40. The summed E-state index contributed by atoms with van der Waals surface area (Å²) >= 11 is 0. The van der Waals surface area contributed by atoms with Crippen molar-refractivity contribution in [1.29, 1.82) is 0 Å². The fraction of sp³-hybridized carbons (Fsp3) is 0.0625. The predicted octanol–water partition coefficient (Wildman–Crippen LogP) is 4.18. The molecule has 4 rings (SSSR count). The van der Waals surface area contributed by atoms with Crippen LogP contribution in [0, 0.1) is 6.92 Å². The Labute approximate surface area is 104 Å². The Balaban J connectivity index is 2.35. The molecule has 0 aliphatic heterocycles. The van der Waals surface area contributed by atoms with E-state index < -0.39 is 0 Å². The summed E-state index contributed by atoms with van der Waals surface area (Å²) in [6, 6.07) is 14.8. The minimum absolute atomic E-state index is 1.05. The number of aryl methyl sites for hydroxylation is 1. The van der Waals surface area contributed by atoms with Crippen molar-refractivity contribution in [3.05, 3.63) is 54.2 Å². The molecule has 0 aliphatic carbocycles. The van der Waals surface area contributed by atoms with Gasteiger partial charge in [-0.25, -0.2) is 0 Å². The van der Waals surface area contributed by atoms with Crippen molar-refractivity contribution in [2.24, 2.45) is 0 Å². The number of nitrogens with zero attached hydrogens (tertiary/aromatic N) is 1. The number of hydrogen-bond acceptors (Lipinski definition) is 1. The van der Waals surface area contributed by atoms with E-state index in [1.165, 1.54) is 27.2 Å². The van der Waals surface area contributed by atoms with Crippen LogP contribution in [0.5, 0.6) is 0 Å². The van der Waals surface area contributed by atoms with Gasteiger partial charge in [0, 0.05) is 21.7 Å². The normalized spacial score (nSPS) is 11.6. The largest absolute Gasteiger partial charge is 0.353 e. The van der Waals surface area contributed by atoms with Gasteiger partial charge < -0.3 is 4.98 Å². The number of fused-ring (bicyclic) bond motifs is 5. The van der Waals surface area contributed by atoms with Crippen LogP contribution >= 0.6 is 0 Å². The molecule has 0 saturated heterocycles. The Morgan fingerprint density at radius 1 is 0.944 bits per heavy atom. The van der Waals surface area contributed by atoms with Crippen LogP contribution in [-0.2, 0) is 0 Å². The highest BCUT2D eigenvalue weighted by molar-refractivity contribution is 6.19. The topological polar surface area (TPSA) is 28.7 Å². The minimum Gasteiger partial charge on any atom is -0.353 e. The van der Waals surface area contributed by atoms with Crippen LogP contribution in [0.4, 0.5) is 0 Å². The second kappa shape index (κ2) is 3.33. The number of aromatic nitrogens is 2. The van der Waals surface area contributed by atoms with Gasteiger partial charge in [-0.1, -0.05) is 29.8 Å². The van der Waals surface area contributed by atoms with E-state index in [2.05, 4.69) is 59.4 Å². The Kier molecular flexibility index (Phi) is 1.78. The van der Waals surface area contributed by atoms with Crippen molar-refractivity contribution < 1.29 is 0 Å². The van der Waals surface area contributed by atoms with Crippen LogP contribution in [-0.4, -0.2) is 9.97 Å². The molecular formula is C16H12N2. The van der Waals surface area contributed by atoms with Gasteiger partial charge in [-0.2, -0.15) is 0 Å². The molecule has 0 amide bonds. The molecule has 2 aromatic carbocycles. The lowest BCUT2D eigenvalue weighted by Crippen LogP contribution is -1.81. The highest BCUT2D eigenvalue weighted by Crippen LogP contribution is 2.31. The van der Waals surface area contributed by atoms with Gasteiger partial charge in [0.15, 0.2) is 0 Å². The van der Waals surface area contributed by atoms with Crippen molar-refractivity contribution in [3.63, 3.8) is 0 Å². The molecule has 0 unspecified atom stereocenters. The van der Waals surface area contributed by atoms with Crippen LogP contribution in [0.2, 0.25) is 0 Å². The van der Waals surface area contributed by atoms with E-state index in [9.17, 15) is 0 Å². The summed E-state index contributed by atoms with van der Waals surface area (Å²) in [5.41, 5.74) is 4.59. The molecule has 4 aromatic rings. The maximum atomic E-state index is 4.51. The number of nitrogens with one attached hydrogen (secondary N) is 1. The number of para-hydroxylation sites is 1. The van der Waals surface area contributed by atoms with Crippen LogP contribution in [0.3, 0.4) is 0 Å². The van der Waals surface area contributed by atoms with Gasteiger partial charge >= 0.3 is 0 Å². The van der Waals surface area contributed by atoms with Gasteiger partial charge in [-0.15, -0.1) is 0 Å². The molecule has 2 aromatic heterocycles. The molecule has 0 fully saturated rings. The van der Waals surface area contributed by atoms with E-state index >= 15 is 0 Å². The van der Waals surface area contributed by atoms with Crippen molar-refractivity contribution in [1.82, 2.24) is 9.97 Å². The summed E-state index contributed by atoms with van der Waals surface area (Å²) in [4.78, 5) is 7.94. The predicted molar refractivity (Wildman–Crippen MR) is 75.8 cm³/mol. The molecule has 0 spiro atoms. The number of benzene rings is 2. The molecule has 1 N–H and O–H groups in total. The number of hydrogen-bond donors (Lipinski definition) is 1. The summed E-state index contributed by atoms with van der Waals surface area (Å²) in [6.45, 7) is 2.12. The molecule has 2 nitrogen and oxygen atoms in total. The second-order valence-corrected chi connectivity index (χ2v) is 4.74. The Morgan fingerprint density at radius 3 is 2.78 bits per heavy atom. The highest BCUT2D eigenvalue weighted by Gasteiger charge is 2.08. The van der Waals surface area contributed by atoms with E-state index in [4.69, 9.17) is 0 Å². The molecule has 0 aliphatic rings. The average molecular weight is 232 g/mol. The van der Waals surface area contributed by atoms with E-state index in [0.29, 0.717) is 0 Å². The molecule has 0 radical (unpaired) electrons. The smallest absolute Gasteiger partial charge is 0.0710 e. The van der Waals surface area contributed by atoms with Crippen molar-refractivity contribution in [3.8, 4) is 0 Å². The number of aromatic amines is 1. The lowest BCUT2D eigenvalue weighted by atomic mass is 10.1. The monoisotopic (exact) mass is 232 g/mol. The fourth-order valence-electron chi connectivity index (χ4n) is 2.65. The lowest BCUT2D eigenvalue weighted by Gasteiger charge is -2.01. The third kappa shape index (κ3) is 1.20. The summed E-state index contributed by atoms with van der Waals surface area (Å²) in [7, 11) is 0. The number of pyridine rings is 1. The van der Waals surface area contributed by atoms with E-state index in [-0.39, 0.29) is 0 Å². The Bertz CT molecular complexity index is 887. The zero-order chi connectivity index (χ0) is 12.1. The summed E-state index contributed by atoms with van der Waals surface area (Å²) in [5, 5.41) is 3.77. The molecule has 2 heterocycles. The Morgan fingerprint density at radius 2 is 1.83 bits per heavy atom. The van der Waals surface area contributed by atoms with Gasteiger partial charge in [0.05, 0.1) is 17.2 Å². The molecule has 2 heteroatoms. The first kappa shape index (κ1) is 9.66. The SMILES string of the molecule is Cc1ccc2ncc3[nH]c4ccccc4c3c2c1. The van der Waals surface area contributed by atoms with Gasteiger partial charge in [-0.05, 0) is 25.1 Å². The zero-order valence-electron chi connectivity index (χ0n) is 10.1. The quantitative estimate of drug-likeness (QED) is 0.484.